The number of benzene rings is 4. The zero-order valence-electron chi connectivity index (χ0n) is 28.6. The number of likely N-dealkylation sites (N-methyl/N-ethyl adjacent to an activating group) is 1. The molecule has 0 unspecified atom stereocenters. The number of carbonyl (C=O) groups excluding carboxylic acids is 2. The van der Waals surface area contributed by atoms with Crippen LogP contribution < -0.4 is 15.0 Å². The Morgan fingerprint density at radius 3 is 2.31 bits per heavy atom. The van der Waals surface area contributed by atoms with E-state index in [1.807, 2.05) is 30.0 Å². The summed E-state index contributed by atoms with van der Waals surface area (Å²) in [5.41, 5.74) is 5.76. The van der Waals surface area contributed by atoms with Crippen molar-refractivity contribution in [2.75, 3.05) is 57.8 Å². The Balaban J connectivity index is 0.966. The number of hydrogen-bond donors (Lipinski definition) is 1. The average Bonchev–Trinajstić information content (AvgIpc) is 3.14. The second kappa shape index (κ2) is 14.7. The molecule has 254 valence electrons. The van der Waals surface area contributed by atoms with Crippen molar-refractivity contribution >= 4 is 29.3 Å². The van der Waals surface area contributed by atoms with Gasteiger partial charge >= 0.3 is 0 Å². The molecule has 0 bridgehead atoms. The van der Waals surface area contributed by atoms with Gasteiger partial charge in [0.05, 0.1) is 7.11 Å². The van der Waals surface area contributed by atoms with Gasteiger partial charge in [-0.15, -0.1) is 0 Å². The van der Waals surface area contributed by atoms with Crippen LogP contribution in [0.25, 0.3) is 0 Å². The van der Waals surface area contributed by atoms with Gasteiger partial charge in [0.15, 0.2) is 0 Å². The molecular weight excluding hydrogens is 629 g/mol. The van der Waals surface area contributed by atoms with Gasteiger partial charge in [-0.3, -0.25) is 14.5 Å². The van der Waals surface area contributed by atoms with Gasteiger partial charge in [-0.2, -0.15) is 0 Å². The van der Waals surface area contributed by atoms with Crippen molar-refractivity contribution in [1.29, 1.82) is 0 Å². The van der Waals surface area contributed by atoms with Crippen molar-refractivity contribution in [3.8, 4) is 5.75 Å². The molecule has 1 saturated heterocycles. The van der Waals surface area contributed by atoms with E-state index < -0.39 is 5.41 Å². The highest BCUT2D eigenvalue weighted by atomic mass is 32.2. The molecule has 49 heavy (non-hydrogen) atoms. The molecule has 0 atom stereocenters. The first-order valence-corrected chi connectivity index (χ1v) is 18.5. The van der Waals surface area contributed by atoms with Crippen LogP contribution >= 0.6 is 11.8 Å². The van der Waals surface area contributed by atoms with Crippen LogP contribution in [0.1, 0.15) is 58.8 Å². The first-order valence-electron chi connectivity index (χ1n) is 17.7. The van der Waals surface area contributed by atoms with Crippen LogP contribution in [0.5, 0.6) is 5.75 Å². The minimum atomic E-state index is -0.680. The molecule has 0 spiro atoms. The average molecular weight is 675 g/mol. The third-order valence-corrected chi connectivity index (χ3v) is 11.6. The van der Waals surface area contributed by atoms with E-state index >= 15 is 0 Å². The number of nitrogens with one attached hydrogen (secondary N) is 1. The lowest BCUT2D eigenvalue weighted by Crippen LogP contribution is -2.48. The van der Waals surface area contributed by atoms with E-state index in [1.54, 1.807) is 18.9 Å². The summed E-state index contributed by atoms with van der Waals surface area (Å²) in [4.78, 5) is 36.9. The van der Waals surface area contributed by atoms with E-state index in [0.29, 0.717) is 13.1 Å². The smallest absolute Gasteiger partial charge is 0.254 e. The van der Waals surface area contributed by atoms with Crippen molar-refractivity contribution in [2.45, 2.75) is 54.4 Å². The molecule has 3 aliphatic rings. The maximum absolute atomic E-state index is 14.0. The second-order valence-corrected chi connectivity index (χ2v) is 14.4. The molecule has 7 nitrogen and oxygen atoms in total. The Morgan fingerprint density at radius 1 is 0.857 bits per heavy atom. The third-order valence-electron chi connectivity index (χ3n) is 10.4. The van der Waals surface area contributed by atoms with E-state index in [2.05, 4.69) is 87.9 Å². The Kier molecular flexibility index (Phi) is 9.96. The second-order valence-electron chi connectivity index (χ2n) is 13.3. The molecular formula is C41H46N4O3S. The molecule has 0 saturated carbocycles. The summed E-state index contributed by atoms with van der Waals surface area (Å²) in [7, 11) is 1.67. The van der Waals surface area contributed by atoms with Crippen molar-refractivity contribution in [3.05, 3.63) is 119 Å². The molecule has 8 heteroatoms. The van der Waals surface area contributed by atoms with Gasteiger partial charge < -0.3 is 19.9 Å². The number of anilines is 1. The number of fused-ring (bicyclic) bond motifs is 3. The predicted molar refractivity (Wildman–Crippen MR) is 197 cm³/mol. The summed E-state index contributed by atoms with van der Waals surface area (Å²) in [6.45, 7) is 8.77. The standard InChI is InChI=1S/C41H46N4O3S/c1-3-42-40(47)41(35-13-4-6-15-37(35)49-38-16-7-5-14-36(38)41)20-8-9-21-43-23-25-44(26-24-43)32-18-17-31-19-22-45(39(46)34(31)28-32)29-30-11-10-12-33(27-30)48-2/h4-7,10-18,27-28H,3,8-9,19-26,29H2,1-2H3,(H,42,47). The Bertz CT molecular complexity index is 1770. The van der Waals surface area contributed by atoms with Crippen LogP contribution in [0.15, 0.2) is 101 Å². The highest BCUT2D eigenvalue weighted by Gasteiger charge is 2.46. The van der Waals surface area contributed by atoms with Crippen LogP contribution in [0.2, 0.25) is 0 Å². The van der Waals surface area contributed by atoms with E-state index in [-0.39, 0.29) is 11.8 Å². The Morgan fingerprint density at radius 2 is 1.59 bits per heavy atom. The fraction of sp³-hybridized carbons (Fsp3) is 0.366. The van der Waals surface area contributed by atoms with Gasteiger partial charge in [0.25, 0.3) is 5.91 Å². The normalized spacial score (nSPS) is 16.8. The minimum Gasteiger partial charge on any atom is -0.497 e. The van der Waals surface area contributed by atoms with Crippen molar-refractivity contribution in [2.24, 2.45) is 0 Å². The Hall–Kier alpha value is -4.27. The number of rotatable bonds is 11. The zero-order valence-corrected chi connectivity index (χ0v) is 29.4. The first kappa shape index (κ1) is 33.2. The summed E-state index contributed by atoms with van der Waals surface area (Å²) in [6, 6.07) is 31.3. The maximum atomic E-state index is 14.0. The topological polar surface area (TPSA) is 65.1 Å². The van der Waals surface area contributed by atoms with E-state index in [4.69, 9.17) is 4.74 Å². The van der Waals surface area contributed by atoms with Crippen molar-refractivity contribution in [3.63, 3.8) is 0 Å². The number of carbonyl (C=O) groups is 2. The highest BCUT2D eigenvalue weighted by molar-refractivity contribution is 7.99. The molecule has 3 aliphatic heterocycles. The predicted octanol–water partition coefficient (Wildman–Crippen LogP) is 6.77. The lowest BCUT2D eigenvalue weighted by atomic mass is 9.69. The molecule has 1 N–H and O–H groups in total. The van der Waals surface area contributed by atoms with Gasteiger partial charge in [0, 0.05) is 66.9 Å². The van der Waals surface area contributed by atoms with Gasteiger partial charge in [0.1, 0.15) is 11.2 Å². The number of nitrogens with zero attached hydrogens (tertiary/aromatic N) is 3. The van der Waals surface area contributed by atoms with Gasteiger partial charge in [-0.05, 0) is 91.4 Å². The van der Waals surface area contributed by atoms with Crippen LogP contribution in [0, 0.1) is 0 Å². The van der Waals surface area contributed by atoms with Crippen LogP contribution in [0.3, 0.4) is 0 Å². The fourth-order valence-electron chi connectivity index (χ4n) is 7.82. The molecule has 0 aromatic heterocycles. The zero-order chi connectivity index (χ0) is 33.8. The minimum absolute atomic E-state index is 0.107. The number of hydrogen-bond acceptors (Lipinski definition) is 6. The van der Waals surface area contributed by atoms with E-state index in [9.17, 15) is 9.59 Å². The molecule has 0 radical (unpaired) electrons. The molecule has 3 heterocycles. The third kappa shape index (κ3) is 6.69. The Labute approximate surface area is 294 Å². The lowest BCUT2D eigenvalue weighted by Gasteiger charge is -2.40. The first-order chi connectivity index (χ1) is 24.0. The van der Waals surface area contributed by atoms with Crippen LogP contribution in [0.4, 0.5) is 5.69 Å². The number of ether oxygens (including phenoxy) is 1. The largest absolute Gasteiger partial charge is 0.497 e. The van der Waals surface area contributed by atoms with E-state index in [1.165, 1.54) is 9.79 Å². The molecule has 4 aromatic rings. The molecule has 0 aliphatic carbocycles. The lowest BCUT2D eigenvalue weighted by molar-refractivity contribution is -0.125. The van der Waals surface area contributed by atoms with Crippen LogP contribution in [-0.2, 0) is 23.2 Å². The molecule has 7 rings (SSSR count). The van der Waals surface area contributed by atoms with Crippen molar-refractivity contribution in [1.82, 2.24) is 15.1 Å². The number of methoxy groups -OCH3 is 1. The fourth-order valence-corrected chi connectivity index (χ4v) is 9.06. The van der Waals surface area contributed by atoms with Gasteiger partial charge in [-0.1, -0.05) is 72.8 Å². The van der Waals surface area contributed by atoms with Crippen molar-refractivity contribution < 1.29 is 14.3 Å². The number of amides is 2. The van der Waals surface area contributed by atoms with Gasteiger partial charge in [-0.25, -0.2) is 0 Å². The van der Waals surface area contributed by atoms with Crippen LogP contribution in [-0.4, -0.2) is 74.5 Å². The summed E-state index contributed by atoms with van der Waals surface area (Å²) in [5, 5.41) is 3.20. The SMILES string of the molecule is CCNC(=O)C1(CCCCN2CCN(c3ccc4c(c3)C(=O)N(Cc3cccc(OC)c3)CC4)CC2)c2ccccc2Sc2ccccc21. The molecule has 4 aromatic carbocycles. The molecule has 1 fully saturated rings. The number of unbranched alkanes of at least 4 members (excludes halogenated alkanes) is 1. The van der Waals surface area contributed by atoms with E-state index in [0.717, 1.165) is 104 Å². The quantitative estimate of drug-likeness (QED) is 0.177. The maximum Gasteiger partial charge on any atom is 0.254 e. The highest BCUT2D eigenvalue weighted by Crippen LogP contribution is 2.51. The number of piperazine rings is 1. The summed E-state index contributed by atoms with van der Waals surface area (Å²) in [5.74, 6) is 1.03. The van der Waals surface area contributed by atoms with Gasteiger partial charge in [0.2, 0.25) is 5.91 Å². The molecule has 2 amide bonds. The summed E-state index contributed by atoms with van der Waals surface area (Å²) < 4.78 is 5.39. The monoisotopic (exact) mass is 674 g/mol. The summed E-state index contributed by atoms with van der Waals surface area (Å²) >= 11 is 1.77. The summed E-state index contributed by atoms with van der Waals surface area (Å²) in [6.07, 6.45) is 3.65.